The van der Waals surface area contributed by atoms with Crippen LogP contribution >= 0.6 is 0 Å². The molecular weight excluding hydrogens is 312 g/mol. The molecule has 0 unspecified atom stereocenters. The third-order valence-corrected chi connectivity index (χ3v) is 4.04. The molecule has 0 radical (unpaired) electrons. The first-order valence-electron chi connectivity index (χ1n) is 8.05. The second kappa shape index (κ2) is 7.13. The fourth-order valence-electron chi connectivity index (χ4n) is 2.61. The summed E-state index contributed by atoms with van der Waals surface area (Å²) in [5.41, 5.74) is 8.06. The largest absolute Gasteiger partial charge is 0.306 e. The first-order valence-corrected chi connectivity index (χ1v) is 8.05. The van der Waals surface area contributed by atoms with E-state index in [-0.39, 0.29) is 5.91 Å². The van der Waals surface area contributed by atoms with Crippen molar-refractivity contribution >= 4 is 11.6 Å². The molecule has 0 bridgehead atoms. The number of imidazole rings is 1. The van der Waals surface area contributed by atoms with E-state index in [1.54, 1.807) is 12.5 Å². The molecule has 5 nitrogen and oxygen atoms in total. The number of hydrogen-bond donors (Lipinski definition) is 1. The van der Waals surface area contributed by atoms with Gasteiger partial charge < -0.3 is 4.57 Å². The molecule has 1 N–H and O–H groups in total. The summed E-state index contributed by atoms with van der Waals surface area (Å²) in [5.74, 6) is -0.202. The molecule has 0 atom stereocenters. The highest BCUT2D eigenvalue weighted by Gasteiger charge is 2.08. The lowest BCUT2D eigenvalue weighted by molar-refractivity contribution is 0.0954. The smallest absolute Gasteiger partial charge is 0.271 e. The van der Waals surface area contributed by atoms with Crippen molar-refractivity contribution in [3.8, 4) is 5.69 Å². The van der Waals surface area contributed by atoms with Gasteiger partial charge in [0, 0.05) is 23.6 Å². The zero-order valence-corrected chi connectivity index (χ0v) is 14.5. The molecule has 0 saturated carbocycles. The lowest BCUT2D eigenvalue weighted by Gasteiger charge is -2.07. The molecule has 25 heavy (non-hydrogen) atoms. The number of carbonyl (C=O) groups is 1. The molecule has 1 amide bonds. The normalized spacial score (nSPS) is 11.4. The minimum atomic E-state index is -0.202. The van der Waals surface area contributed by atoms with E-state index >= 15 is 0 Å². The highest BCUT2D eigenvalue weighted by atomic mass is 16.2. The molecular formula is C20H20N4O. The van der Waals surface area contributed by atoms with Crippen molar-refractivity contribution in [2.24, 2.45) is 5.10 Å². The maximum absolute atomic E-state index is 12.3. The van der Waals surface area contributed by atoms with Gasteiger partial charge >= 0.3 is 0 Å². The standard InChI is InChI=1S/C20H20N4O/c1-14-4-9-19(15(2)12-14)20(25)23-22-16(3)17-5-7-18(8-6-17)24-11-10-21-13-24/h4-13H,1-3H3,(H,23,25). The molecule has 0 aliphatic carbocycles. The lowest BCUT2D eigenvalue weighted by atomic mass is 10.1. The summed E-state index contributed by atoms with van der Waals surface area (Å²) in [7, 11) is 0. The number of hydrazone groups is 1. The van der Waals surface area contributed by atoms with E-state index in [1.807, 2.05) is 74.0 Å². The summed E-state index contributed by atoms with van der Waals surface area (Å²) in [6.45, 7) is 5.80. The fraction of sp³-hybridized carbons (Fsp3) is 0.150. The van der Waals surface area contributed by atoms with Gasteiger partial charge in [-0.2, -0.15) is 5.10 Å². The average Bonchev–Trinajstić information content (AvgIpc) is 3.14. The number of nitrogens with one attached hydrogen (secondary N) is 1. The van der Waals surface area contributed by atoms with Crippen LogP contribution in [0.15, 0.2) is 66.3 Å². The molecule has 3 aromatic rings. The molecule has 0 saturated heterocycles. The summed E-state index contributed by atoms with van der Waals surface area (Å²) >= 11 is 0. The maximum Gasteiger partial charge on any atom is 0.271 e. The zero-order chi connectivity index (χ0) is 17.8. The number of nitrogens with zero attached hydrogens (tertiary/aromatic N) is 3. The van der Waals surface area contributed by atoms with Crippen LogP contribution in [0.2, 0.25) is 0 Å². The molecule has 1 heterocycles. The zero-order valence-electron chi connectivity index (χ0n) is 14.5. The van der Waals surface area contributed by atoms with Gasteiger partial charge in [0.25, 0.3) is 5.91 Å². The van der Waals surface area contributed by atoms with Crippen LogP contribution < -0.4 is 5.43 Å². The van der Waals surface area contributed by atoms with Crippen molar-refractivity contribution in [3.63, 3.8) is 0 Å². The first-order chi connectivity index (χ1) is 12.0. The van der Waals surface area contributed by atoms with E-state index in [4.69, 9.17) is 0 Å². The monoisotopic (exact) mass is 332 g/mol. The fourth-order valence-corrected chi connectivity index (χ4v) is 2.61. The Labute approximate surface area is 147 Å². The number of aryl methyl sites for hydroxylation is 2. The minimum absolute atomic E-state index is 0.202. The van der Waals surface area contributed by atoms with Gasteiger partial charge in [0.2, 0.25) is 0 Å². The Bertz CT molecular complexity index is 909. The molecule has 2 aromatic carbocycles. The van der Waals surface area contributed by atoms with Crippen LogP contribution in [0.1, 0.15) is 34.0 Å². The molecule has 0 aliphatic rings. The van der Waals surface area contributed by atoms with Crippen LogP contribution in [0, 0.1) is 13.8 Å². The van der Waals surface area contributed by atoms with Gasteiger partial charge in [0.05, 0.1) is 12.0 Å². The molecule has 0 spiro atoms. The Kier molecular flexibility index (Phi) is 4.75. The maximum atomic E-state index is 12.3. The number of carbonyl (C=O) groups excluding carboxylic acids is 1. The first kappa shape index (κ1) is 16.6. The van der Waals surface area contributed by atoms with Crippen LogP contribution in [0.5, 0.6) is 0 Å². The molecule has 5 heteroatoms. The van der Waals surface area contributed by atoms with E-state index in [9.17, 15) is 4.79 Å². The van der Waals surface area contributed by atoms with Crippen molar-refractivity contribution in [1.29, 1.82) is 0 Å². The highest BCUT2D eigenvalue weighted by Crippen LogP contribution is 2.12. The van der Waals surface area contributed by atoms with Crippen LogP contribution in [-0.2, 0) is 0 Å². The third-order valence-electron chi connectivity index (χ3n) is 4.04. The van der Waals surface area contributed by atoms with E-state index < -0.39 is 0 Å². The van der Waals surface area contributed by atoms with Crippen LogP contribution in [-0.4, -0.2) is 21.2 Å². The van der Waals surface area contributed by atoms with Crippen molar-refractivity contribution in [3.05, 3.63) is 83.4 Å². The third kappa shape index (κ3) is 3.83. The summed E-state index contributed by atoms with van der Waals surface area (Å²) in [4.78, 5) is 16.3. The predicted molar refractivity (Wildman–Crippen MR) is 99.2 cm³/mol. The van der Waals surface area contributed by atoms with E-state index in [2.05, 4.69) is 15.5 Å². The minimum Gasteiger partial charge on any atom is -0.306 e. The van der Waals surface area contributed by atoms with Crippen molar-refractivity contribution in [1.82, 2.24) is 15.0 Å². The Morgan fingerprint density at radius 3 is 2.52 bits per heavy atom. The Morgan fingerprint density at radius 1 is 1.12 bits per heavy atom. The van der Waals surface area contributed by atoms with Crippen LogP contribution in [0.25, 0.3) is 5.69 Å². The van der Waals surface area contributed by atoms with Gasteiger partial charge in [-0.05, 0) is 50.1 Å². The highest BCUT2D eigenvalue weighted by molar-refractivity contribution is 6.01. The molecule has 3 rings (SSSR count). The Morgan fingerprint density at radius 2 is 1.88 bits per heavy atom. The van der Waals surface area contributed by atoms with Gasteiger partial charge in [0.15, 0.2) is 0 Å². The Balaban J connectivity index is 1.72. The van der Waals surface area contributed by atoms with Crippen LogP contribution in [0.3, 0.4) is 0 Å². The number of rotatable bonds is 4. The second-order valence-electron chi connectivity index (χ2n) is 5.97. The number of benzene rings is 2. The predicted octanol–water partition coefficient (Wildman–Crippen LogP) is 3.64. The number of amides is 1. The number of aromatic nitrogens is 2. The van der Waals surface area contributed by atoms with Crippen LogP contribution in [0.4, 0.5) is 0 Å². The summed E-state index contributed by atoms with van der Waals surface area (Å²) < 4.78 is 1.93. The van der Waals surface area contributed by atoms with Gasteiger partial charge in [-0.1, -0.05) is 29.8 Å². The van der Waals surface area contributed by atoms with Gasteiger partial charge in [-0.25, -0.2) is 10.4 Å². The quantitative estimate of drug-likeness (QED) is 0.586. The average molecular weight is 332 g/mol. The van der Waals surface area contributed by atoms with Gasteiger partial charge in [-0.15, -0.1) is 0 Å². The van der Waals surface area contributed by atoms with Crippen molar-refractivity contribution < 1.29 is 4.79 Å². The van der Waals surface area contributed by atoms with Gasteiger partial charge in [-0.3, -0.25) is 4.79 Å². The lowest BCUT2D eigenvalue weighted by Crippen LogP contribution is -2.20. The van der Waals surface area contributed by atoms with Crippen molar-refractivity contribution in [2.75, 3.05) is 0 Å². The summed E-state index contributed by atoms with van der Waals surface area (Å²) in [6.07, 6.45) is 5.38. The molecule has 1 aromatic heterocycles. The van der Waals surface area contributed by atoms with Crippen molar-refractivity contribution in [2.45, 2.75) is 20.8 Å². The number of hydrogen-bond acceptors (Lipinski definition) is 3. The molecule has 126 valence electrons. The van der Waals surface area contributed by atoms with Gasteiger partial charge in [0.1, 0.15) is 0 Å². The second-order valence-corrected chi connectivity index (χ2v) is 5.97. The topological polar surface area (TPSA) is 59.3 Å². The SMILES string of the molecule is CC(=NNC(=O)c1ccc(C)cc1C)c1ccc(-n2ccnc2)cc1. The summed E-state index contributed by atoms with van der Waals surface area (Å²) in [6, 6.07) is 13.7. The Hall–Kier alpha value is -3.21. The van der Waals surface area contributed by atoms with E-state index in [1.165, 1.54) is 0 Å². The molecule has 0 aliphatic heterocycles. The summed E-state index contributed by atoms with van der Waals surface area (Å²) in [5, 5.41) is 4.22. The molecule has 0 fully saturated rings. The van der Waals surface area contributed by atoms with E-state index in [0.29, 0.717) is 5.56 Å². The van der Waals surface area contributed by atoms with E-state index in [0.717, 1.165) is 28.1 Å².